The van der Waals surface area contributed by atoms with Crippen molar-refractivity contribution < 1.29 is 36.6 Å². The Bertz CT molecular complexity index is 481. The fourth-order valence-electron chi connectivity index (χ4n) is 1.34. The quantitative estimate of drug-likeness (QED) is 0.632. The van der Waals surface area contributed by atoms with Crippen LogP contribution in [0.3, 0.4) is 0 Å². The van der Waals surface area contributed by atoms with Crippen molar-refractivity contribution in [1.29, 1.82) is 0 Å². The summed E-state index contributed by atoms with van der Waals surface area (Å²) in [4.78, 5) is 21.8. The molecule has 20 heavy (non-hydrogen) atoms. The first kappa shape index (κ1) is 15.9. The Morgan fingerprint density at radius 2 is 1.75 bits per heavy atom. The second kappa shape index (κ2) is 6.36. The Labute approximate surface area is 111 Å². The summed E-state index contributed by atoms with van der Waals surface area (Å²) >= 11 is 0. The third kappa shape index (κ3) is 3.94. The maximum Gasteiger partial charge on any atom is 0.490 e. The molecular weight excluding hydrogens is 284 g/mol. The van der Waals surface area contributed by atoms with Crippen LogP contribution in [0.1, 0.15) is 22.0 Å². The fourth-order valence-corrected chi connectivity index (χ4v) is 1.34. The van der Waals surface area contributed by atoms with Crippen LogP contribution in [-0.2, 0) is 14.3 Å². The highest BCUT2D eigenvalue weighted by Gasteiger charge is 2.42. The van der Waals surface area contributed by atoms with Crippen molar-refractivity contribution >= 4 is 11.9 Å². The number of halogens is 4. The molecular formula is C12H10F4O4. The molecule has 0 amide bonds. The minimum atomic E-state index is -5.20. The molecule has 1 aromatic rings. The molecule has 0 aliphatic rings. The van der Waals surface area contributed by atoms with E-state index >= 15 is 0 Å². The van der Waals surface area contributed by atoms with Gasteiger partial charge in [0.25, 0.3) is 0 Å². The second-order valence-corrected chi connectivity index (χ2v) is 3.66. The summed E-state index contributed by atoms with van der Waals surface area (Å²) in [5.74, 6) is -3.13. The highest BCUT2D eigenvalue weighted by Crippen LogP contribution is 2.24. The van der Waals surface area contributed by atoms with Crippen LogP contribution in [0.5, 0.6) is 0 Å². The van der Waals surface area contributed by atoms with Crippen molar-refractivity contribution in [2.75, 3.05) is 13.8 Å². The summed E-state index contributed by atoms with van der Waals surface area (Å²) in [6.07, 6.45) is -6.88. The van der Waals surface area contributed by atoms with Crippen LogP contribution in [0, 0.1) is 0 Å². The van der Waals surface area contributed by atoms with E-state index in [9.17, 15) is 27.2 Å². The molecule has 0 fully saturated rings. The zero-order chi connectivity index (χ0) is 15.3. The number of hydrogen-bond donors (Lipinski definition) is 0. The minimum Gasteiger partial charge on any atom is -0.465 e. The van der Waals surface area contributed by atoms with Gasteiger partial charge >= 0.3 is 18.1 Å². The Kier molecular flexibility index (Phi) is 5.06. The molecule has 0 bridgehead atoms. The first-order chi connectivity index (χ1) is 9.29. The summed E-state index contributed by atoms with van der Waals surface area (Å²) in [5.41, 5.74) is 0.133. The van der Waals surface area contributed by atoms with E-state index in [0.29, 0.717) is 0 Å². The first-order valence-corrected chi connectivity index (χ1v) is 5.31. The van der Waals surface area contributed by atoms with Crippen LogP contribution in [0.2, 0.25) is 0 Å². The monoisotopic (exact) mass is 294 g/mol. The van der Waals surface area contributed by atoms with Gasteiger partial charge in [-0.25, -0.2) is 14.0 Å². The van der Waals surface area contributed by atoms with Gasteiger partial charge in [0.05, 0.1) is 12.7 Å². The van der Waals surface area contributed by atoms with Gasteiger partial charge in [-0.2, -0.15) is 13.2 Å². The van der Waals surface area contributed by atoms with E-state index in [0.717, 1.165) is 7.11 Å². The second-order valence-electron chi connectivity index (χ2n) is 3.66. The molecule has 1 rings (SSSR count). The summed E-state index contributed by atoms with van der Waals surface area (Å²) in [7, 11) is 1.16. The number of hydrogen-bond acceptors (Lipinski definition) is 4. The summed E-state index contributed by atoms with van der Waals surface area (Å²) < 4.78 is 57.2. The van der Waals surface area contributed by atoms with Crippen molar-refractivity contribution in [1.82, 2.24) is 0 Å². The van der Waals surface area contributed by atoms with Gasteiger partial charge in [-0.1, -0.05) is 12.1 Å². The fraction of sp³-hybridized carbons (Fsp3) is 0.333. The number of methoxy groups -OCH3 is 1. The molecule has 0 saturated heterocycles. The maximum atomic E-state index is 12.7. The van der Waals surface area contributed by atoms with Crippen molar-refractivity contribution in [3.63, 3.8) is 0 Å². The molecule has 0 saturated carbocycles. The molecule has 0 heterocycles. The van der Waals surface area contributed by atoms with Crippen molar-refractivity contribution in [2.45, 2.75) is 12.3 Å². The summed E-state index contributed by atoms with van der Waals surface area (Å²) in [6, 6.07) is 4.82. The Balaban J connectivity index is 2.86. The predicted molar refractivity (Wildman–Crippen MR) is 58.6 cm³/mol. The van der Waals surface area contributed by atoms with Gasteiger partial charge in [-0.3, -0.25) is 0 Å². The molecule has 8 heteroatoms. The van der Waals surface area contributed by atoms with Crippen LogP contribution in [0.4, 0.5) is 17.6 Å². The molecule has 0 aliphatic carbocycles. The number of esters is 2. The maximum absolute atomic E-state index is 12.7. The zero-order valence-corrected chi connectivity index (χ0v) is 10.2. The van der Waals surface area contributed by atoms with Crippen LogP contribution in [-0.4, -0.2) is 31.9 Å². The number of rotatable bonds is 4. The lowest BCUT2D eigenvalue weighted by molar-refractivity contribution is -0.206. The van der Waals surface area contributed by atoms with Gasteiger partial charge < -0.3 is 9.47 Å². The first-order valence-electron chi connectivity index (χ1n) is 5.31. The molecule has 4 nitrogen and oxygen atoms in total. The van der Waals surface area contributed by atoms with Gasteiger partial charge in [-0.05, 0) is 17.7 Å². The third-order valence-corrected chi connectivity index (χ3v) is 2.32. The number of benzene rings is 1. The van der Waals surface area contributed by atoms with Crippen molar-refractivity contribution in [3.05, 3.63) is 35.4 Å². The van der Waals surface area contributed by atoms with E-state index in [1.54, 1.807) is 0 Å². The highest BCUT2D eigenvalue weighted by atomic mass is 19.4. The molecule has 0 N–H and O–H groups in total. The van der Waals surface area contributed by atoms with Gasteiger partial charge in [-0.15, -0.1) is 0 Å². The predicted octanol–water partition coefficient (Wildman–Crippen LogP) is 2.59. The topological polar surface area (TPSA) is 52.6 Å². The lowest BCUT2D eigenvalue weighted by Gasteiger charge is -2.16. The van der Waals surface area contributed by atoms with Crippen molar-refractivity contribution in [3.8, 4) is 0 Å². The molecule has 1 aromatic carbocycles. The Morgan fingerprint density at radius 3 is 2.15 bits per heavy atom. The molecule has 1 atom stereocenters. The molecule has 0 aromatic heterocycles. The minimum absolute atomic E-state index is 0.00208. The van der Waals surface area contributed by atoms with Gasteiger partial charge in [0.15, 0.2) is 6.10 Å². The largest absolute Gasteiger partial charge is 0.490 e. The Morgan fingerprint density at radius 1 is 1.20 bits per heavy atom. The van der Waals surface area contributed by atoms with Crippen LogP contribution in [0.15, 0.2) is 24.3 Å². The van der Waals surface area contributed by atoms with Crippen molar-refractivity contribution in [2.24, 2.45) is 0 Å². The van der Waals surface area contributed by atoms with E-state index in [2.05, 4.69) is 9.47 Å². The highest BCUT2D eigenvalue weighted by molar-refractivity contribution is 5.89. The SMILES string of the molecule is COC(=O)c1ccc(C(CF)OC(=O)C(F)(F)F)cc1. The van der Waals surface area contributed by atoms with Gasteiger partial charge in [0.2, 0.25) is 0 Å². The van der Waals surface area contributed by atoms with E-state index < -0.39 is 30.9 Å². The smallest absolute Gasteiger partial charge is 0.465 e. The van der Waals surface area contributed by atoms with E-state index in [4.69, 9.17) is 0 Å². The standard InChI is InChI=1S/C12H10F4O4/c1-19-10(17)8-4-2-7(3-5-8)9(6-13)20-11(18)12(14,15)16/h2-5,9H,6H2,1H3. The average molecular weight is 294 g/mol. The number of ether oxygens (including phenoxy) is 2. The van der Waals surface area contributed by atoms with Crippen LogP contribution in [0.25, 0.3) is 0 Å². The molecule has 0 spiro atoms. The van der Waals surface area contributed by atoms with Gasteiger partial charge in [0.1, 0.15) is 6.67 Å². The molecule has 0 radical (unpaired) electrons. The number of carbonyl (C=O) groups excluding carboxylic acids is 2. The number of carbonyl (C=O) groups is 2. The normalized spacial score (nSPS) is 12.7. The van der Waals surface area contributed by atoms with E-state index in [1.165, 1.54) is 24.3 Å². The summed E-state index contributed by atoms with van der Waals surface area (Å²) in [6.45, 7) is -1.32. The average Bonchev–Trinajstić information content (AvgIpc) is 2.42. The van der Waals surface area contributed by atoms with E-state index in [1.807, 2.05) is 0 Å². The molecule has 110 valence electrons. The van der Waals surface area contributed by atoms with Gasteiger partial charge in [0, 0.05) is 0 Å². The zero-order valence-electron chi connectivity index (χ0n) is 10.2. The molecule has 0 aliphatic heterocycles. The Hall–Kier alpha value is -2.12. The van der Waals surface area contributed by atoms with E-state index in [-0.39, 0.29) is 11.1 Å². The number of alkyl halides is 4. The third-order valence-electron chi connectivity index (χ3n) is 2.32. The lowest BCUT2D eigenvalue weighted by Crippen LogP contribution is -2.27. The lowest BCUT2D eigenvalue weighted by atomic mass is 10.1. The van der Waals surface area contributed by atoms with Crippen LogP contribution >= 0.6 is 0 Å². The van der Waals surface area contributed by atoms with Crippen LogP contribution < -0.4 is 0 Å². The summed E-state index contributed by atoms with van der Waals surface area (Å²) in [5, 5.41) is 0. The molecule has 1 unspecified atom stereocenters.